The number of methoxy groups -OCH3 is 2. The number of ether oxygens (including phenoxy) is 3. The molecule has 7 nitrogen and oxygen atoms in total. The van der Waals surface area contributed by atoms with Gasteiger partial charge in [0.25, 0.3) is 0 Å². The number of esters is 1. The molecule has 3 rings (SSSR count). The number of hydrogen-bond acceptors (Lipinski definition) is 7. The second-order valence-electron chi connectivity index (χ2n) is 6.03. The maximum Gasteiger partial charge on any atom is 0.356 e. The number of benzene rings is 2. The highest BCUT2D eigenvalue weighted by molar-refractivity contribution is 6.12. The van der Waals surface area contributed by atoms with Crippen molar-refractivity contribution >= 4 is 17.3 Å². The van der Waals surface area contributed by atoms with Crippen LogP contribution in [0, 0.1) is 0 Å². The fourth-order valence-electron chi connectivity index (χ4n) is 2.99. The molecule has 0 saturated heterocycles. The summed E-state index contributed by atoms with van der Waals surface area (Å²) < 4.78 is 15.5. The number of nitrogens with one attached hydrogen (secondary N) is 2. The van der Waals surface area contributed by atoms with Gasteiger partial charge in [0.2, 0.25) is 0 Å². The molecule has 146 valence electrons. The molecule has 1 aliphatic rings. The Morgan fingerprint density at radius 1 is 0.929 bits per heavy atom. The third-order valence-corrected chi connectivity index (χ3v) is 4.42. The molecule has 2 aromatic rings. The zero-order valence-electron chi connectivity index (χ0n) is 15.9. The predicted molar refractivity (Wildman–Crippen MR) is 104 cm³/mol. The van der Waals surface area contributed by atoms with Crippen molar-refractivity contribution in [1.29, 1.82) is 0 Å². The van der Waals surface area contributed by atoms with Crippen molar-refractivity contribution in [1.82, 2.24) is 10.9 Å². The van der Waals surface area contributed by atoms with Gasteiger partial charge in [0.1, 0.15) is 23.2 Å². The van der Waals surface area contributed by atoms with Gasteiger partial charge in [-0.05, 0) is 48.9 Å². The first-order valence-electron chi connectivity index (χ1n) is 8.84. The molecule has 7 heteroatoms. The monoisotopic (exact) mass is 382 g/mol. The van der Waals surface area contributed by atoms with Gasteiger partial charge in [-0.3, -0.25) is 4.79 Å². The van der Waals surface area contributed by atoms with E-state index >= 15 is 0 Å². The van der Waals surface area contributed by atoms with E-state index in [-0.39, 0.29) is 18.1 Å². The van der Waals surface area contributed by atoms with Crippen LogP contribution in [0.15, 0.2) is 54.2 Å². The molecule has 2 aromatic carbocycles. The number of ketones is 1. The molecule has 0 spiro atoms. The minimum absolute atomic E-state index is 0.180. The van der Waals surface area contributed by atoms with E-state index in [4.69, 9.17) is 14.2 Å². The average Bonchev–Trinajstić information content (AvgIpc) is 3.18. The van der Waals surface area contributed by atoms with E-state index in [0.29, 0.717) is 28.2 Å². The lowest BCUT2D eigenvalue weighted by atomic mass is 9.92. The van der Waals surface area contributed by atoms with Crippen LogP contribution in [0.3, 0.4) is 0 Å². The summed E-state index contributed by atoms with van der Waals surface area (Å²) in [4.78, 5) is 25.5. The van der Waals surface area contributed by atoms with E-state index in [1.54, 1.807) is 69.7 Å². The minimum Gasteiger partial charge on any atom is -0.497 e. The van der Waals surface area contributed by atoms with Gasteiger partial charge < -0.3 is 19.6 Å². The van der Waals surface area contributed by atoms with E-state index in [1.165, 1.54) is 0 Å². The summed E-state index contributed by atoms with van der Waals surface area (Å²) in [6.45, 7) is 1.96. The third-order valence-electron chi connectivity index (χ3n) is 4.42. The Balaban J connectivity index is 2.00. The van der Waals surface area contributed by atoms with E-state index in [9.17, 15) is 9.59 Å². The summed E-state index contributed by atoms with van der Waals surface area (Å²) in [6.07, 6.45) is 0. The minimum atomic E-state index is -0.749. The van der Waals surface area contributed by atoms with Gasteiger partial charge >= 0.3 is 5.97 Å². The summed E-state index contributed by atoms with van der Waals surface area (Å²) in [7, 11) is 3.14. The number of rotatable bonds is 7. The highest BCUT2D eigenvalue weighted by Gasteiger charge is 2.35. The zero-order valence-corrected chi connectivity index (χ0v) is 15.9. The molecule has 0 radical (unpaired) electrons. The number of hydrogen-bond donors (Lipinski definition) is 2. The molecular weight excluding hydrogens is 360 g/mol. The molecule has 0 fully saturated rings. The van der Waals surface area contributed by atoms with Crippen LogP contribution in [-0.4, -0.2) is 38.6 Å². The molecule has 2 N–H and O–H groups in total. The first-order chi connectivity index (χ1) is 13.6. The van der Waals surface area contributed by atoms with Gasteiger partial charge in [-0.1, -0.05) is 12.1 Å². The van der Waals surface area contributed by atoms with E-state index in [0.717, 1.165) is 0 Å². The standard InChI is InChI=1S/C21H22N2O5/c1-4-28-21(25)19-17(13-5-9-15(26-2)10-6-13)18(22-23-19)20(24)14-7-11-16(27-3)12-8-14/h5-12,18,22-23H,4H2,1-3H3/t18-/m1/s1. The average molecular weight is 382 g/mol. The summed E-state index contributed by atoms with van der Waals surface area (Å²) in [6, 6.07) is 13.2. The molecule has 0 amide bonds. The van der Waals surface area contributed by atoms with Crippen molar-refractivity contribution in [2.24, 2.45) is 0 Å². The van der Waals surface area contributed by atoms with Gasteiger partial charge in [0.05, 0.1) is 20.8 Å². The maximum absolute atomic E-state index is 13.1. The van der Waals surface area contributed by atoms with Crippen LogP contribution in [0.2, 0.25) is 0 Å². The van der Waals surface area contributed by atoms with E-state index in [1.807, 2.05) is 0 Å². The van der Waals surface area contributed by atoms with Crippen LogP contribution >= 0.6 is 0 Å². The van der Waals surface area contributed by atoms with E-state index in [2.05, 4.69) is 10.9 Å². The van der Waals surface area contributed by atoms with E-state index < -0.39 is 12.0 Å². The van der Waals surface area contributed by atoms with Crippen LogP contribution in [0.1, 0.15) is 22.8 Å². The van der Waals surface area contributed by atoms with Crippen molar-refractivity contribution < 1.29 is 23.8 Å². The Labute approximate surface area is 163 Å². The zero-order chi connectivity index (χ0) is 20.1. The molecule has 0 unspecified atom stereocenters. The molecule has 0 saturated carbocycles. The first kappa shape index (κ1) is 19.4. The Morgan fingerprint density at radius 2 is 1.50 bits per heavy atom. The maximum atomic E-state index is 13.1. The third kappa shape index (κ3) is 3.84. The number of carbonyl (C=O) groups excluding carboxylic acids is 2. The van der Waals surface area contributed by atoms with Gasteiger partial charge in [-0.15, -0.1) is 0 Å². The Hall–Kier alpha value is -3.32. The quantitative estimate of drug-likeness (QED) is 0.561. The van der Waals surface area contributed by atoms with Crippen LogP contribution < -0.4 is 20.3 Å². The van der Waals surface area contributed by atoms with Crippen LogP contribution in [0.25, 0.3) is 5.57 Å². The fraction of sp³-hybridized carbons (Fsp3) is 0.238. The van der Waals surface area contributed by atoms with Gasteiger partial charge in [0.15, 0.2) is 5.78 Å². The molecule has 1 atom stereocenters. The summed E-state index contributed by atoms with van der Waals surface area (Å²) in [5.74, 6) is 0.636. The molecule has 0 aliphatic carbocycles. The number of carbonyl (C=O) groups is 2. The van der Waals surface area contributed by atoms with Gasteiger partial charge in [0, 0.05) is 11.1 Å². The molecule has 28 heavy (non-hydrogen) atoms. The molecule has 0 bridgehead atoms. The lowest BCUT2D eigenvalue weighted by molar-refractivity contribution is -0.138. The smallest absolute Gasteiger partial charge is 0.356 e. The number of hydrazine groups is 1. The second kappa shape index (κ2) is 8.58. The Morgan fingerprint density at radius 3 is 2.04 bits per heavy atom. The highest BCUT2D eigenvalue weighted by atomic mass is 16.5. The predicted octanol–water partition coefficient (Wildman–Crippen LogP) is 2.34. The molecule has 1 aliphatic heterocycles. The van der Waals surface area contributed by atoms with Crippen LogP contribution in [-0.2, 0) is 9.53 Å². The molecule has 0 aromatic heterocycles. The molecule has 1 heterocycles. The normalized spacial score (nSPS) is 15.8. The summed E-state index contributed by atoms with van der Waals surface area (Å²) in [5, 5.41) is 0. The van der Waals surface area contributed by atoms with Crippen molar-refractivity contribution in [3.63, 3.8) is 0 Å². The van der Waals surface area contributed by atoms with Crippen molar-refractivity contribution in [2.45, 2.75) is 13.0 Å². The fourth-order valence-corrected chi connectivity index (χ4v) is 2.99. The highest BCUT2D eigenvalue weighted by Crippen LogP contribution is 2.29. The SMILES string of the molecule is CCOC(=O)C1=C(c2ccc(OC)cc2)[C@H](C(=O)c2ccc(OC)cc2)NN1. The van der Waals surface area contributed by atoms with Crippen LogP contribution in [0.5, 0.6) is 11.5 Å². The Kier molecular flexibility index (Phi) is 5.96. The van der Waals surface area contributed by atoms with Crippen molar-refractivity contribution in [3.8, 4) is 11.5 Å². The molecular formula is C21H22N2O5. The lowest BCUT2D eigenvalue weighted by Crippen LogP contribution is -2.39. The van der Waals surface area contributed by atoms with Crippen molar-refractivity contribution in [3.05, 3.63) is 65.4 Å². The largest absolute Gasteiger partial charge is 0.497 e. The summed E-state index contributed by atoms with van der Waals surface area (Å²) >= 11 is 0. The van der Waals surface area contributed by atoms with Gasteiger partial charge in [-0.25, -0.2) is 10.2 Å². The van der Waals surface area contributed by atoms with Crippen LogP contribution in [0.4, 0.5) is 0 Å². The first-order valence-corrected chi connectivity index (χ1v) is 8.84. The van der Waals surface area contributed by atoms with Crippen molar-refractivity contribution in [2.75, 3.05) is 20.8 Å². The number of Topliss-reactive ketones (excluding diaryl/α,β-unsaturated/α-hetero) is 1. The Bertz CT molecular complexity index is 888. The summed E-state index contributed by atoms with van der Waals surface area (Å²) in [5.41, 5.74) is 7.70. The second-order valence-corrected chi connectivity index (χ2v) is 6.03. The lowest BCUT2D eigenvalue weighted by Gasteiger charge is -2.14. The topological polar surface area (TPSA) is 85.9 Å². The van der Waals surface area contributed by atoms with Gasteiger partial charge in [-0.2, -0.15) is 0 Å².